The van der Waals surface area contributed by atoms with Crippen LogP contribution >= 0.6 is 11.6 Å². The van der Waals surface area contributed by atoms with Crippen molar-refractivity contribution < 1.29 is 17.9 Å². The second-order valence-corrected chi connectivity index (χ2v) is 11.0. The molecule has 0 aromatic heterocycles. The van der Waals surface area contributed by atoms with E-state index >= 15 is 0 Å². The maximum Gasteiger partial charge on any atom is 0.255 e. The van der Waals surface area contributed by atoms with E-state index < -0.39 is 15.9 Å². The van der Waals surface area contributed by atoms with E-state index in [2.05, 4.69) is 17.4 Å². The Morgan fingerprint density at radius 2 is 1.77 bits per heavy atom. The van der Waals surface area contributed by atoms with Crippen molar-refractivity contribution >= 4 is 33.2 Å². The van der Waals surface area contributed by atoms with Crippen molar-refractivity contribution in [1.29, 1.82) is 0 Å². The fraction of sp³-hybridized carbons (Fsp3) is 0.296. The standard InChI is InChI=1S/C27H29ClN2O4S/c1-2-34-26-12-11-24(19-25(26)29-27(31)22-9-6-10-23(28)18-22)35(32,33)30-15-13-21(14-16-30)17-20-7-4-3-5-8-20/h3-12,18-19,21H,2,13-17H2,1H3,(H,29,31). The molecule has 0 radical (unpaired) electrons. The van der Waals surface area contributed by atoms with Gasteiger partial charge < -0.3 is 10.1 Å². The van der Waals surface area contributed by atoms with Gasteiger partial charge in [-0.15, -0.1) is 0 Å². The molecule has 0 unspecified atom stereocenters. The number of halogens is 1. The van der Waals surface area contributed by atoms with Crippen molar-refractivity contribution in [3.05, 3.63) is 88.9 Å². The first kappa shape index (κ1) is 25.2. The molecule has 1 N–H and O–H groups in total. The first-order chi connectivity index (χ1) is 16.9. The molecular formula is C27H29ClN2O4S. The number of benzene rings is 3. The number of amides is 1. The SMILES string of the molecule is CCOc1ccc(S(=O)(=O)N2CCC(Cc3ccccc3)CC2)cc1NC(=O)c1cccc(Cl)c1. The zero-order chi connectivity index (χ0) is 24.8. The summed E-state index contributed by atoms with van der Waals surface area (Å²) in [7, 11) is -3.71. The summed E-state index contributed by atoms with van der Waals surface area (Å²) >= 11 is 6.01. The smallest absolute Gasteiger partial charge is 0.255 e. The van der Waals surface area contributed by atoms with Crippen LogP contribution in [0.4, 0.5) is 5.69 Å². The molecule has 35 heavy (non-hydrogen) atoms. The Bertz CT molecular complexity index is 1270. The van der Waals surface area contributed by atoms with E-state index in [0.717, 1.165) is 19.3 Å². The minimum atomic E-state index is -3.71. The zero-order valence-electron chi connectivity index (χ0n) is 19.6. The molecule has 1 aliphatic rings. The Labute approximate surface area is 211 Å². The Kier molecular flexibility index (Phi) is 8.11. The fourth-order valence-corrected chi connectivity index (χ4v) is 6.01. The highest BCUT2D eigenvalue weighted by molar-refractivity contribution is 7.89. The number of hydrogen-bond donors (Lipinski definition) is 1. The van der Waals surface area contributed by atoms with Crippen LogP contribution in [0.2, 0.25) is 5.02 Å². The lowest BCUT2D eigenvalue weighted by atomic mass is 9.91. The number of hydrogen-bond acceptors (Lipinski definition) is 4. The lowest BCUT2D eigenvalue weighted by Crippen LogP contribution is -2.38. The van der Waals surface area contributed by atoms with Crippen LogP contribution in [0.3, 0.4) is 0 Å². The second kappa shape index (κ2) is 11.2. The van der Waals surface area contributed by atoms with E-state index in [0.29, 0.717) is 47.6 Å². The van der Waals surface area contributed by atoms with E-state index in [1.807, 2.05) is 25.1 Å². The quantitative estimate of drug-likeness (QED) is 0.424. The average Bonchev–Trinajstić information content (AvgIpc) is 2.86. The van der Waals surface area contributed by atoms with E-state index in [-0.39, 0.29) is 4.90 Å². The lowest BCUT2D eigenvalue weighted by molar-refractivity contribution is 0.102. The molecule has 1 heterocycles. The second-order valence-electron chi connectivity index (χ2n) is 8.59. The number of nitrogens with one attached hydrogen (secondary N) is 1. The maximum atomic E-state index is 13.4. The Hall–Kier alpha value is -2.87. The van der Waals surface area contributed by atoms with Crippen LogP contribution in [0.5, 0.6) is 5.75 Å². The number of ether oxygens (including phenoxy) is 1. The Morgan fingerprint density at radius 3 is 2.46 bits per heavy atom. The number of sulfonamides is 1. The minimum absolute atomic E-state index is 0.129. The molecule has 4 rings (SSSR count). The molecule has 3 aromatic carbocycles. The molecule has 8 heteroatoms. The number of rotatable bonds is 8. The van der Waals surface area contributed by atoms with Gasteiger partial charge in [0.25, 0.3) is 5.91 Å². The van der Waals surface area contributed by atoms with Gasteiger partial charge in [-0.25, -0.2) is 8.42 Å². The van der Waals surface area contributed by atoms with Gasteiger partial charge in [0.1, 0.15) is 5.75 Å². The first-order valence-corrected chi connectivity index (χ1v) is 13.6. The third kappa shape index (κ3) is 6.23. The molecule has 6 nitrogen and oxygen atoms in total. The van der Waals surface area contributed by atoms with Crippen molar-refractivity contribution in [2.45, 2.75) is 31.1 Å². The minimum Gasteiger partial charge on any atom is -0.492 e. The molecule has 184 valence electrons. The summed E-state index contributed by atoms with van der Waals surface area (Å²) < 4.78 is 34.0. The summed E-state index contributed by atoms with van der Waals surface area (Å²) in [5.74, 6) is 0.463. The summed E-state index contributed by atoms with van der Waals surface area (Å²) in [6.45, 7) is 3.14. The lowest BCUT2D eigenvalue weighted by Gasteiger charge is -2.31. The number of carbonyl (C=O) groups excluding carboxylic acids is 1. The molecule has 0 aliphatic carbocycles. The van der Waals surface area contributed by atoms with Gasteiger partial charge in [-0.3, -0.25) is 4.79 Å². The van der Waals surface area contributed by atoms with Crippen LogP contribution in [-0.2, 0) is 16.4 Å². The summed E-state index contributed by atoms with van der Waals surface area (Å²) in [4.78, 5) is 12.9. The van der Waals surface area contributed by atoms with Crippen LogP contribution < -0.4 is 10.1 Å². The van der Waals surface area contributed by atoms with Gasteiger partial charge >= 0.3 is 0 Å². The summed E-state index contributed by atoms with van der Waals surface area (Å²) in [6.07, 6.45) is 2.57. The largest absolute Gasteiger partial charge is 0.492 e. The van der Waals surface area contributed by atoms with Gasteiger partial charge in [-0.1, -0.05) is 48.0 Å². The number of carbonyl (C=O) groups is 1. The molecule has 1 fully saturated rings. The molecule has 0 bridgehead atoms. The molecule has 0 saturated carbocycles. The van der Waals surface area contributed by atoms with Crippen molar-refractivity contribution in [3.8, 4) is 5.75 Å². The van der Waals surface area contributed by atoms with Crippen molar-refractivity contribution in [3.63, 3.8) is 0 Å². The predicted octanol–water partition coefficient (Wildman–Crippen LogP) is 5.63. The normalized spacial score (nSPS) is 15.0. The van der Waals surface area contributed by atoms with Gasteiger partial charge in [0, 0.05) is 23.7 Å². The van der Waals surface area contributed by atoms with E-state index in [9.17, 15) is 13.2 Å². The van der Waals surface area contributed by atoms with Gasteiger partial charge in [-0.05, 0) is 74.1 Å². The van der Waals surface area contributed by atoms with E-state index in [1.54, 1.807) is 30.3 Å². The number of nitrogens with zero attached hydrogens (tertiary/aromatic N) is 1. The summed E-state index contributed by atoms with van der Waals surface area (Å²) in [6, 6.07) is 21.4. The first-order valence-electron chi connectivity index (χ1n) is 11.7. The molecule has 1 amide bonds. The summed E-state index contributed by atoms with van der Waals surface area (Å²) in [5.41, 5.74) is 1.95. The number of piperidine rings is 1. The van der Waals surface area contributed by atoms with Gasteiger partial charge in [-0.2, -0.15) is 4.31 Å². The monoisotopic (exact) mass is 512 g/mol. The molecular weight excluding hydrogens is 484 g/mol. The van der Waals surface area contributed by atoms with E-state index in [4.69, 9.17) is 16.3 Å². The maximum absolute atomic E-state index is 13.4. The van der Waals surface area contributed by atoms with Gasteiger partial charge in [0.05, 0.1) is 17.2 Å². The fourth-order valence-electron chi connectivity index (χ4n) is 4.32. The Balaban J connectivity index is 1.50. The summed E-state index contributed by atoms with van der Waals surface area (Å²) in [5, 5.41) is 3.22. The van der Waals surface area contributed by atoms with Crippen LogP contribution in [0, 0.1) is 5.92 Å². The third-order valence-corrected chi connectivity index (χ3v) is 8.29. The highest BCUT2D eigenvalue weighted by Crippen LogP contribution is 2.32. The van der Waals surface area contributed by atoms with Crippen molar-refractivity contribution in [2.24, 2.45) is 5.92 Å². The highest BCUT2D eigenvalue weighted by Gasteiger charge is 2.30. The molecule has 1 aliphatic heterocycles. The van der Waals surface area contributed by atoms with Crippen LogP contribution in [-0.4, -0.2) is 38.3 Å². The highest BCUT2D eigenvalue weighted by atomic mass is 35.5. The average molecular weight is 513 g/mol. The third-order valence-electron chi connectivity index (χ3n) is 6.16. The van der Waals surface area contributed by atoms with Crippen molar-refractivity contribution in [1.82, 2.24) is 4.31 Å². The van der Waals surface area contributed by atoms with E-state index in [1.165, 1.54) is 22.0 Å². The Morgan fingerprint density at radius 1 is 1.03 bits per heavy atom. The molecule has 3 aromatic rings. The van der Waals surface area contributed by atoms with Gasteiger partial charge in [0.2, 0.25) is 10.0 Å². The van der Waals surface area contributed by atoms with Crippen LogP contribution in [0.25, 0.3) is 0 Å². The van der Waals surface area contributed by atoms with Crippen LogP contribution in [0.1, 0.15) is 35.7 Å². The van der Waals surface area contributed by atoms with Crippen molar-refractivity contribution in [2.75, 3.05) is 25.0 Å². The predicted molar refractivity (Wildman–Crippen MR) is 139 cm³/mol. The topological polar surface area (TPSA) is 75.7 Å². The molecule has 0 atom stereocenters. The number of anilines is 1. The molecule has 0 spiro atoms. The van der Waals surface area contributed by atoms with Gasteiger partial charge in [0.15, 0.2) is 0 Å². The zero-order valence-corrected chi connectivity index (χ0v) is 21.2. The molecule has 1 saturated heterocycles. The van der Waals surface area contributed by atoms with Crippen LogP contribution in [0.15, 0.2) is 77.7 Å².